The number of carbonyl (C=O) groups excluding carboxylic acids is 2. The number of nitrogens with one attached hydrogen (secondary N) is 2. The van der Waals surface area contributed by atoms with Gasteiger partial charge in [-0.25, -0.2) is 0 Å². The normalized spacial score (nSPS) is 12.0. The van der Waals surface area contributed by atoms with Gasteiger partial charge in [-0.3, -0.25) is 9.59 Å². The smallest absolute Gasteiger partial charge is 0.261 e. The Kier molecular flexibility index (Phi) is 4.24. The lowest BCUT2D eigenvalue weighted by molar-refractivity contribution is -0.116. The van der Waals surface area contributed by atoms with Crippen LogP contribution in [0.3, 0.4) is 0 Å². The molecule has 0 radical (unpaired) electrons. The molecule has 0 bridgehead atoms. The van der Waals surface area contributed by atoms with E-state index in [1.807, 2.05) is 11.4 Å². The minimum absolute atomic E-state index is 0.161. The van der Waals surface area contributed by atoms with Gasteiger partial charge in [0.1, 0.15) is 0 Å². The number of thiophene rings is 1. The molecule has 0 fully saturated rings. The quantitative estimate of drug-likeness (QED) is 0.886. The lowest BCUT2D eigenvalue weighted by atomic mass is 10.2. The molecule has 3 rings (SSSR count). The average Bonchev–Trinajstić information content (AvgIpc) is 3.18. The second kappa shape index (κ2) is 6.48. The van der Waals surface area contributed by atoms with Crippen LogP contribution in [0.15, 0.2) is 35.7 Å². The van der Waals surface area contributed by atoms with Gasteiger partial charge < -0.3 is 20.1 Å². The van der Waals surface area contributed by atoms with Crippen molar-refractivity contribution in [3.8, 4) is 11.5 Å². The molecule has 1 aliphatic heterocycles. The van der Waals surface area contributed by atoms with Crippen molar-refractivity contribution in [2.45, 2.75) is 6.42 Å². The van der Waals surface area contributed by atoms with Crippen molar-refractivity contribution in [3.63, 3.8) is 0 Å². The summed E-state index contributed by atoms with van der Waals surface area (Å²) < 4.78 is 10.4. The van der Waals surface area contributed by atoms with Crippen LogP contribution in [0, 0.1) is 0 Å². The zero-order chi connectivity index (χ0) is 15.4. The summed E-state index contributed by atoms with van der Waals surface area (Å²) in [6, 6.07) is 8.76. The summed E-state index contributed by atoms with van der Waals surface area (Å²) in [7, 11) is 0. The van der Waals surface area contributed by atoms with Crippen molar-refractivity contribution in [2.24, 2.45) is 0 Å². The highest BCUT2D eigenvalue weighted by Gasteiger charge is 2.14. The summed E-state index contributed by atoms with van der Waals surface area (Å²) in [5.74, 6) is 0.946. The maximum Gasteiger partial charge on any atom is 0.261 e. The largest absolute Gasteiger partial charge is 0.454 e. The zero-order valence-corrected chi connectivity index (χ0v) is 12.4. The van der Waals surface area contributed by atoms with Crippen molar-refractivity contribution >= 4 is 28.8 Å². The van der Waals surface area contributed by atoms with Gasteiger partial charge >= 0.3 is 0 Å². The number of ether oxygens (including phenoxy) is 2. The van der Waals surface area contributed by atoms with E-state index in [2.05, 4.69) is 10.6 Å². The van der Waals surface area contributed by atoms with Crippen molar-refractivity contribution in [1.29, 1.82) is 0 Å². The molecule has 1 aromatic heterocycles. The van der Waals surface area contributed by atoms with Gasteiger partial charge in [-0.05, 0) is 23.6 Å². The molecular weight excluding hydrogens is 304 g/mol. The summed E-state index contributed by atoms with van der Waals surface area (Å²) in [5.41, 5.74) is 0.638. The van der Waals surface area contributed by atoms with E-state index in [0.717, 1.165) is 0 Å². The van der Waals surface area contributed by atoms with E-state index in [1.165, 1.54) is 11.3 Å². The van der Waals surface area contributed by atoms with E-state index in [9.17, 15) is 9.59 Å². The minimum Gasteiger partial charge on any atom is -0.454 e. The Morgan fingerprint density at radius 2 is 2.05 bits per heavy atom. The van der Waals surface area contributed by atoms with Gasteiger partial charge in [0.05, 0.1) is 4.88 Å². The Labute approximate surface area is 131 Å². The van der Waals surface area contributed by atoms with Crippen LogP contribution in [0.1, 0.15) is 16.1 Å². The third kappa shape index (κ3) is 3.37. The SMILES string of the molecule is O=C(CCNC(=O)c1cccs1)Nc1ccc2c(c1)OCO2. The van der Waals surface area contributed by atoms with E-state index in [-0.39, 0.29) is 31.6 Å². The van der Waals surface area contributed by atoms with Gasteiger partial charge in [-0.15, -0.1) is 11.3 Å². The molecule has 2 amide bonds. The van der Waals surface area contributed by atoms with Crippen LogP contribution in [0.25, 0.3) is 0 Å². The number of benzene rings is 1. The Bertz CT molecular complexity index is 685. The van der Waals surface area contributed by atoms with Crippen molar-refractivity contribution in [3.05, 3.63) is 40.6 Å². The van der Waals surface area contributed by atoms with Gasteiger partial charge in [0.15, 0.2) is 11.5 Å². The number of fused-ring (bicyclic) bond motifs is 1. The number of carbonyl (C=O) groups is 2. The standard InChI is InChI=1S/C15H14N2O4S/c18-14(5-6-16-15(19)13-2-1-7-22-13)17-10-3-4-11-12(8-10)21-9-20-11/h1-4,7-8H,5-6,9H2,(H,16,19)(H,17,18). The van der Waals surface area contributed by atoms with Gasteiger partial charge in [-0.1, -0.05) is 6.07 Å². The second-order valence-electron chi connectivity index (χ2n) is 4.60. The summed E-state index contributed by atoms with van der Waals surface area (Å²) in [5, 5.41) is 7.30. The molecule has 2 heterocycles. The van der Waals surface area contributed by atoms with E-state index < -0.39 is 0 Å². The Morgan fingerprint density at radius 3 is 2.86 bits per heavy atom. The molecular formula is C15H14N2O4S. The van der Waals surface area contributed by atoms with Crippen molar-refractivity contribution < 1.29 is 19.1 Å². The van der Waals surface area contributed by atoms with Crippen molar-refractivity contribution in [1.82, 2.24) is 5.32 Å². The number of rotatable bonds is 5. The van der Waals surface area contributed by atoms with Crippen LogP contribution < -0.4 is 20.1 Å². The fourth-order valence-corrected chi connectivity index (χ4v) is 2.62. The minimum atomic E-state index is -0.176. The van der Waals surface area contributed by atoms with E-state index in [1.54, 1.807) is 24.3 Å². The van der Waals surface area contributed by atoms with Gasteiger partial charge in [0, 0.05) is 24.7 Å². The summed E-state index contributed by atoms with van der Waals surface area (Å²) in [6.45, 7) is 0.481. The van der Waals surface area contributed by atoms with Crippen LogP contribution in [0.2, 0.25) is 0 Å². The highest BCUT2D eigenvalue weighted by Crippen LogP contribution is 2.34. The van der Waals surface area contributed by atoms with Crippen LogP contribution in [-0.2, 0) is 4.79 Å². The Morgan fingerprint density at radius 1 is 1.18 bits per heavy atom. The molecule has 1 aromatic carbocycles. The van der Waals surface area contributed by atoms with Crippen LogP contribution >= 0.6 is 11.3 Å². The lowest BCUT2D eigenvalue weighted by Crippen LogP contribution is -2.27. The van der Waals surface area contributed by atoms with Gasteiger partial charge in [-0.2, -0.15) is 0 Å². The number of hydrogen-bond acceptors (Lipinski definition) is 5. The first-order valence-electron chi connectivity index (χ1n) is 6.73. The fraction of sp³-hybridized carbons (Fsp3) is 0.200. The first-order chi connectivity index (χ1) is 10.7. The number of amides is 2. The molecule has 7 heteroatoms. The van der Waals surface area contributed by atoms with E-state index in [4.69, 9.17) is 9.47 Å². The predicted octanol–water partition coefficient (Wildman–Crippen LogP) is 2.24. The van der Waals surface area contributed by atoms with Crippen LogP contribution in [0.4, 0.5) is 5.69 Å². The molecule has 114 valence electrons. The van der Waals surface area contributed by atoms with E-state index in [0.29, 0.717) is 22.1 Å². The Balaban J connectivity index is 1.45. The third-order valence-electron chi connectivity index (χ3n) is 3.04. The Hall–Kier alpha value is -2.54. The molecule has 2 aromatic rings. The molecule has 2 N–H and O–H groups in total. The molecule has 22 heavy (non-hydrogen) atoms. The summed E-state index contributed by atoms with van der Waals surface area (Å²) in [6.07, 6.45) is 0.200. The maximum absolute atomic E-state index is 11.8. The maximum atomic E-state index is 11.8. The molecule has 0 saturated carbocycles. The molecule has 0 unspecified atom stereocenters. The molecule has 6 nitrogen and oxygen atoms in total. The van der Waals surface area contributed by atoms with Crippen LogP contribution in [0.5, 0.6) is 11.5 Å². The highest BCUT2D eigenvalue weighted by molar-refractivity contribution is 7.12. The monoisotopic (exact) mass is 318 g/mol. The average molecular weight is 318 g/mol. The lowest BCUT2D eigenvalue weighted by Gasteiger charge is -2.07. The first kappa shape index (κ1) is 14.4. The number of anilines is 1. The molecule has 1 aliphatic rings. The third-order valence-corrected chi connectivity index (χ3v) is 3.91. The summed E-state index contributed by atoms with van der Waals surface area (Å²) >= 11 is 1.37. The highest BCUT2D eigenvalue weighted by atomic mass is 32.1. The topological polar surface area (TPSA) is 76.7 Å². The molecule has 0 aliphatic carbocycles. The molecule has 0 saturated heterocycles. The fourth-order valence-electron chi connectivity index (χ4n) is 1.98. The first-order valence-corrected chi connectivity index (χ1v) is 7.61. The summed E-state index contributed by atoms with van der Waals surface area (Å²) in [4.78, 5) is 24.2. The van der Waals surface area contributed by atoms with Crippen LogP contribution in [-0.4, -0.2) is 25.2 Å². The van der Waals surface area contributed by atoms with E-state index >= 15 is 0 Å². The second-order valence-corrected chi connectivity index (χ2v) is 5.55. The van der Waals surface area contributed by atoms with Gasteiger partial charge in [0.25, 0.3) is 5.91 Å². The van der Waals surface area contributed by atoms with Crippen molar-refractivity contribution in [2.75, 3.05) is 18.7 Å². The molecule has 0 atom stereocenters. The van der Waals surface area contributed by atoms with Gasteiger partial charge in [0.2, 0.25) is 12.7 Å². The number of hydrogen-bond donors (Lipinski definition) is 2. The predicted molar refractivity (Wildman–Crippen MR) is 82.5 cm³/mol. The molecule has 0 spiro atoms. The zero-order valence-electron chi connectivity index (χ0n) is 11.6.